The Morgan fingerprint density at radius 2 is 2.00 bits per heavy atom. The van der Waals surface area contributed by atoms with Crippen LogP contribution in [0.15, 0.2) is 42.5 Å². The van der Waals surface area contributed by atoms with E-state index in [0.29, 0.717) is 11.6 Å². The van der Waals surface area contributed by atoms with E-state index in [-0.39, 0.29) is 5.82 Å². The first-order valence-corrected chi connectivity index (χ1v) is 6.78. The molecule has 2 nitrogen and oxygen atoms in total. The average molecular weight is 294 g/mol. The van der Waals surface area contributed by atoms with Crippen molar-refractivity contribution >= 4 is 17.3 Å². The predicted octanol–water partition coefficient (Wildman–Crippen LogP) is 4.17. The first-order chi connectivity index (χ1) is 9.47. The lowest BCUT2D eigenvalue weighted by atomic mass is 10.1. The second kappa shape index (κ2) is 6.25. The summed E-state index contributed by atoms with van der Waals surface area (Å²) in [5.41, 5.74) is 2.50. The van der Waals surface area contributed by atoms with Gasteiger partial charge < -0.3 is 10.0 Å². The average Bonchev–Trinajstić information content (AvgIpc) is 2.38. The number of aliphatic hydroxyl groups excluding tert-OH is 1. The number of hydrogen-bond donors (Lipinski definition) is 1. The third-order valence-corrected chi connectivity index (χ3v) is 3.48. The fourth-order valence-electron chi connectivity index (χ4n) is 2.09. The van der Waals surface area contributed by atoms with Gasteiger partial charge in [-0.1, -0.05) is 29.8 Å². The molecule has 0 saturated heterocycles. The summed E-state index contributed by atoms with van der Waals surface area (Å²) in [6.07, 6.45) is -0.546. The molecule has 0 radical (unpaired) electrons. The van der Waals surface area contributed by atoms with Gasteiger partial charge in [-0.15, -0.1) is 0 Å². The number of benzene rings is 2. The monoisotopic (exact) mass is 293 g/mol. The van der Waals surface area contributed by atoms with Crippen LogP contribution in [0.2, 0.25) is 5.02 Å². The first-order valence-electron chi connectivity index (χ1n) is 6.40. The van der Waals surface area contributed by atoms with E-state index < -0.39 is 6.10 Å². The van der Waals surface area contributed by atoms with Crippen LogP contribution in [0.5, 0.6) is 0 Å². The maximum absolute atomic E-state index is 13.2. The normalized spacial score (nSPS) is 12.2. The second-order valence-corrected chi connectivity index (χ2v) is 5.28. The predicted molar refractivity (Wildman–Crippen MR) is 80.6 cm³/mol. The molecule has 0 bridgehead atoms. The topological polar surface area (TPSA) is 23.5 Å². The summed E-state index contributed by atoms with van der Waals surface area (Å²) in [5.74, 6) is -0.244. The van der Waals surface area contributed by atoms with Gasteiger partial charge in [-0.2, -0.15) is 0 Å². The molecule has 1 atom stereocenters. The molecule has 2 rings (SSSR count). The van der Waals surface area contributed by atoms with Crippen molar-refractivity contribution in [3.63, 3.8) is 0 Å². The van der Waals surface area contributed by atoms with Crippen molar-refractivity contribution in [2.24, 2.45) is 0 Å². The second-order valence-electron chi connectivity index (χ2n) is 4.87. The molecular formula is C16H17ClFNO. The van der Waals surface area contributed by atoms with E-state index >= 15 is 0 Å². The van der Waals surface area contributed by atoms with Gasteiger partial charge in [0.05, 0.1) is 16.8 Å². The van der Waals surface area contributed by atoms with Crippen molar-refractivity contribution in [2.75, 3.05) is 11.9 Å². The molecule has 1 N–H and O–H groups in total. The molecule has 0 heterocycles. The molecule has 4 heteroatoms. The lowest BCUT2D eigenvalue weighted by Gasteiger charge is -2.21. The van der Waals surface area contributed by atoms with Crippen LogP contribution in [0.1, 0.15) is 24.2 Å². The van der Waals surface area contributed by atoms with Crippen molar-refractivity contribution in [3.05, 3.63) is 64.4 Å². The van der Waals surface area contributed by atoms with E-state index in [4.69, 9.17) is 11.6 Å². The SMILES string of the molecule is C[C@@H](O)c1ccc(N(C)Cc2cccc(F)c2)c(Cl)c1. The van der Waals surface area contributed by atoms with Gasteiger partial charge in [0.25, 0.3) is 0 Å². The Kier molecular flexibility index (Phi) is 4.63. The minimum absolute atomic E-state index is 0.244. The lowest BCUT2D eigenvalue weighted by Crippen LogP contribution is -2.17. The Morgan fingerprint density at radius 3 is 2.60 bits per heavy atom. The fourth-order valence-corrected chi connectivity index (χ4v) is 2.42. The zero-order valence-corrected chi connectivity index (χ0v) is 12.2. The van der Waals surface area contributed by atoms with E-state index in [1.165, 1.54) is 12.1 Å². The highest BCUT2D eigenvalue weighted by Crippen LogP contribution is 2.29. The third-order valence-electron chi connectivity index (χ3n) is 3.17. The van der Waals surface area contributed by atoms with Gasteiger partial charge >= 0.3 is 0 Å². The minimum Gasteiger partial charge on any atom is -0.389 e. The van der Waals surface area contributed by atoms with Crippen LogP contribution in [0.4, 0.5) is 10.1 Å². The number of halogens is 2. The maximum Gasteiger partial charge on any atom is 0.123 e. The Morgan fingerprint density at radius 1 is 1.25 bits per heavy atom. The smallest absolute Gasteiger partial charge is 0.123 e. The van der Waals surface area contributed by atoms with Crippen molar-refractivity contribution in [2.45, 2.75) is 19.6 Å². The van der Waals surface area contributed by atoms with E-state index in [0.717, 1.165) is 16.8 Å². The maximum atomic E-state index is 13.2. The molecule has 20 heavy (non-hydrogen) atoms. The Labute approximate surface area is 123 Å². The van der Waals surface area contributed by atoms with Crippen LogP contribution in [0.3, 0.4) is 0 Å². The van der Waals surface area contributed by atoms with Gasteiger partial charge in [-0.25, -0.2) is 4.39 Å². The third kappa shape index (κ3) is 3.50. The number of anilines is 1. The van der Waals surface area contributed by atoms with E-state index in [1.807, 2.05) is 30.1 Å². The summed E-state index contributed by atoms with van der Waals surface area (Å²) in [4.78, 5) is 1.95. The van der Waals surface area contributed by atoms with Crippen LogP contribution in [-0.4, -0.2) is 12.2 Å². The van der Waals surface area contributed by atoms with Gasteiger partial charge in [-0.3, -0.25) is 0 Å². The molecule has 0 fully saturated rings. The van der Waals surface area contributed by atoms with Gasteiger partial charge in [0.2, 0.25) is 0 Å². The Bertz CT molecular complexity index is 601. The number of aliphatic hydroxyl groups is 1. The zero-order valence-electron chi connectivity index (χ0n) is 11.5. The Balaban J connectivity index is 2.19. The lowest BCUT2D eigenvalue weighted by molar-refractivity contribution is 0.199. The van der Waals surface area contributed by atoms with Crippen molar-refractivity contribution in [1.29, 1.82) is 0 Å². The van der Waals surface area contributed by atoms with Crippen LogP contribution >= 0.6 is 11.6 Å². The van der Waals surface area contributed by atoms with Gasteiger partial charge in [0, 0.05) is 13.6 Å². The van der Waals surface area contributed by atoms with Crippen LogP contribution in [0, 0.1) is 5.82 Å². The van der Waals surface area contributed by atoms with Gasteiger partial charge in [0.1, 0.15) is 5.82 Å². The quantitative estimate of drug-likeness (QED) is 0.914. The van der Waals surface area contributed by atoms with Crippen LogP contribution in [-0.2, 0) is 6.54 Å². The summed E-state index contributed by atoms with van der Waals surface area (Å²) >= 11 is 6.24. The summed E-state index contributed by atoms with van der Waals surface area (Å²) < 4.78 is 13.2. The highest BCUT2D eigenvalue weighted by Gasteiger charge is 2.10. The molecule has 0 spiro atoms. The molecule has 2 aromatic rings. The fraction of sp³-hybridized carbons (Fsp3) is 0.250. The Hall–Kier alpha value is -1.58. The number of hydrogen-bond acceptors (Lipinski definition) is 2. The highest BCUT2D eigenvalue weighted by atomic mass is 35.5. The zero-order chi connectivity index (χ0) is 14.7. The van der Waals surface area contributed by atoms with E-state index in [9.17, 15) is 9.50 Å². The highest BCUT2D eigenvalue weighted by molar-refractivity contribution is 6.33. The van der Waals surface area contributed by atoms with Crippen molar-refractivity contribution in [3.8, 4) is 0 Å². The van der Waals surface area contributed by atoms with Gasteiger partial charge in [0.15, 0.2) is 0 Å². The van der Waals surface area contributed by atoms with E-state index in [1.54, 1.807) is 19.1 Å². The molecule has 0 aromatic heterocycles. The molecule has 106 valence electrons. The molecule has 0 unspecified atom stereocenters. The molecule has 0 aliphatic rings. The van der Waals surface area contributed by atoms with Crippen molar-refractivity contribution in [1.82, 2.24) is 0 Å². The summed E-state index contributed by atoms with van der Waals surface area (Å²) in [6.45, 7) is 2.26. The summed E-state index contributed by atoms with van der Waals surface area (Å²) in [5, 5.41) is 10.1. The summed E-state index contributed by atoms with van der Waals surface area (Å²) in [6, 6.07) is 12.0. The minimum atomic E-state index is -0.546. The molecule has 2 aromatic carbocycles. The van der Waals surface area contributed by atoms with E-state index in [2.05, 4.69) is 0 Å². The largest absolute Gasteiger partial charge is 0.389 e. The molecular weight excluding hydrogens is 277 g/mol. The number of rotatable bonds is 4. The van der Waals surface area contributed by atoms with Crippen molar-refractivity contribution < 1.29 is 9.50 Å². The molecule has 0 aliphatic carbocycles. The summed E-state index contributed by atoms with van der Waals surface area (Å²) in [7, 11) is 1.90. The number of nitrogens with zero attached hydrogens (tertiary/aromatic N) is 1. The standard InChI is InChI=1S/C16H17ClFNO/c1-11(20)13-6-7-16(15(17)9-13)19(2)10-12-4-3-5-14(18)8-12/h3-9,11,20H,10H2,1-2H3/t11-/m1/s1. The molecule has 0 aliphatic heterocycles. The molecule has 0 amide bonds. The first kappa shape index (κ1) is 14.8. The van der Waals surface area contributed by atoms with Crippen LogP contribution in [0.25, 0.3) is 0 Å². The van der Waals surface area contributed by atoms with Gasteiger partial charge in [-0.05, 0) is 42.3 Å². The van der Waals surface area contributed by atoms with Crippen LogP contribution < -0.4 is 4.90 Å². The molecule has 0 saturated carbocycles.